The molecule has 0 spiro atoms. The molecule has 1 aromatic heterocycles. The standard InChI is InChI=1S/C15H17N3O2/c1-11-8-12(10-17-9-11)18-15(19)6-7-20-14-5-3-2-4-13(14)16/h2-5,8-10H,6-7,16H2,1H3,(H,18,19). The van der Waals surface area contributed by atoms with E-state index in [-0.39, 0.29) is 18.9 Å². The number of aromatic nitrogens is 1. The lowest BCUT2D eigenvalue weighted by molar-refractivity contribution is -0.116. The number of rotatable bonds is 5. The molecule has 104 valence electrons. The minimum atomic E-state index is -0.119. The second kappa shape index (κ2) is 6.56. The molecule has 2 aromatic rings. The quantitative estimate of drug-likeness (QED) is 0.818. The molecule has 0 unspecified atom stereocenters. The van der Waals surface area contributed by atoms with Crippen LogP contribution >= 0.6 is 0 Å². The van der Waals surface area contributed by atoms with Crippen molar-refractivity contribution in [3.63, 3.8) is 0 Å². The average Bonchev–Trinajstić information content (AvgIpc) is 2.41. The number of aryl methyl sites for hydroxylation is 1. The Kier molecular flexibility index (Phi) is 4.55. The minimum absolute atomic E-state index is 0.119. The second-order valence-electron chi connectivity index (χ2n) is 4.44. The zero-order valence-electron chi connectivity index (χ0n) is 11.3. The van der Waals surface area contributed by atoms with Crippen LogP contribution in [-0.4, -0.2) is 17.5 Å². The maximum absolute atomic E-state index is 11.7. The number of benzene rings is 1. The number of carbonyl (C=O) groups is 1. The molecule has 1 amide bonds. The van der Waals surface area contributed by atoms with Crippen molar-refractivity contribution in [3.05, 3.63) is 48.3 Å². The molecule has 0 saturated carbocycles. The number of ether oxygens (including phenoxy) is 1. The van der Waals surface area contributed by atoms with Gasteiger partial charge in [-0.3, -0.25) is 9.78 Å². The molecule has 0 fully saturated rings. The van der Waals surface area contributed by atoms with Crippen molar-refractivity contribution >= 4 is 17.3 Å². The van der Waals surface area contributed by atoms with Gasteiger partial charge in [-0.05, 0) is 30.7 Å². The van der Waals surface area contributed by atoms with Crippen molar-refractivity contribution in [2.75, 3.05) is 17.7 Å². The van der Waals surface area contributed by atoms with Gasteiger partial charge in [0.15, 0.2) is 0 Å². The molecule has 0 atom stereocenters. The van der Waals surface area contributed by atoms with E-state index >= 15 is 0 Å². The molecule has 0 bridgehead atoms. The van der Waals surface area contributed by atoms with Crippen molar-refractivity contribution in [3.8, 4) is 5.75 Å². The molecule has 0 saturated heterocycles. The zero-order chi connectivity index (χ0) is 14.4. The summed E-state index contributed by atoms with van der Waals surface area (Å²) in [5.41, 5.74) is 7.99. The highest BCUT2D eigenvalue weighted by atomic mass is 16.5. The first kappa shape index (κ1) is 13.9. The number of nitrogens with zero attached hydrogens (tertiary/aromatic N) is 1. The molecule has 0 aliphatic carbocycles. The number of nitrogens with one attached hydrogen (secondary N) is 1. The maximum atomic E-state index is 11.7. The Morgan fingerprint density at radius 1 is 1.35 bits per heavy atom. The Hall–Kier alpha value is -2.56. The number of nitrogens with two attached hydrogens (primary N) is 1. The first-order valence-electron chi connectivity index (χ1n) is 6.34. The summed E-state index contributed by atoms with van der Waals surface area (Å²) in [7, 11) is 0. The Labute approximate surface area is 117 Å². The van der Waals surface area contributed by atoms with Gasteiger partial charge in [-0.15, -0.1) is 0 Å². The summed E-state index contributed by atoms with van der Waals surface area (Å²) in [5, 5.41) is 2.77. The molecule has 0 radical (unpaired) electrons. The van der Waals surface area contributed by atoms with Crippen LogP contribution in [0.25, 0.3) is 0 Å². The van der Waals surface area contributed by atoms with Crippen LogP contribution < -0.4 is 15.8 Å². The molecule has 1 heterocycles. The largest absolute Gasteiger partial charge is 0.491 e. The molecule has 0 aliphatic heterocycles. The van der Waals surface area contributed by atoms with E-state index in [1.807, 2.05) is 25.1 Å². The van der Waals surface area contributed by atoms with E-state index in [2.05, 4.69) is 10.3 Å². The average molecular weight is 271 g/mol. The molecule has 20 heavy (non-hydrogen) atoms. The van der Waals surface area contributed by atoms with Crippen LogP contribution in [0.5, 0.6) is 5.75 Å². The fourth-order valence-corrected chi connectivity index (χ4v) is 1.71. The molecule has 1 aromatic carbocycles. The van der Waals surface area contributed by atoms with E-state index < -0.39 is 0 Å². The highest BCUT2D eigenvalue weighted by Gasteiger charge is 2.04. The summed E-state index contributed by atoms with van der Waals surface area (Å²) in [6.07, 6.45) is 3.60. The third kappa shape index (κ3) is 3.98. The molecular formula is C15H17N3O2. The van der Waals surface area contributed by atoms with Gasteiger partial charge in [-0.25, -0.2) is 0 Å². The minimum Gasteiger partial charge on any atom is -0.491 e. The van der Waals surface area contributed by atoms with Crippen LogP contribution in [0.2, 0.25) is 0 Å². The lowest BCUT2D eigenvalue weighted by atomic mass is 10.3. The Morgan fingerprint density at radius 2 is 2.15 bits per heavy atom. The molecule has 0 aliphatic rings. The highest BCUT2D eigenvalue weighted by Crippen LogP contribution is 2.19. The molecule has 5 nitrogen and oxygen atoms in total. The summed E-state index contributed by atoms with van der Waals surface area (Å²) in [6, 6.07) is 9.07. The number of amides is 1. The summed E-state index contributed by atoms with van der Waals surface area (Å²) >= 11 is 0. The lowest BCUT2D eigenvalue weighted by Gasteiger charge is -2.09. The highest BCUT2D eigenvalue weighted by molar-refractivity contribution is 5.90. The summed E-state index contributed by atoms with van der Waals surface area (Å²) in [5.74, 6) is 0.476. The third-order valence-electron chi connectivity index (χ3n) is 2.66. The molecule has 3 N–H and O–H groups in total. The number of hydrogen-bond donors (Lipinski definition) is 2. The number of hydrogen-bond acceptors (Lipinski definition) is 4. The number of pyridine rings is 1. The number of nitrogen functional groups attached to an aromatic ring is 1. The fourth-order valence-electron chi connectivity index (χ4n) is 1.71. The van der Waals surface area contributed by atoms with Gasteiger partial charge in [0.05, 0.1) is 30.6 Å². The maximum Gasteiger partial charge on any atom is 0.227 e. The van der Waals surface area contributed by atoms with Crippen LogP contribution in [0.4, 0.5) is 11.4 Å². The van der Waals surface area contributed by atoms with Crippen LogP contribution in [0.3, 0.4) is 0 Å². The van der Waals surface area contributed by atoms with Gasteiger partial charge >= 0.3 is 0 Å². The van der Waals surface area contributed by atoms with E-state index in [0.29, 0.717) is 17.1 Å². The van der Waals surface area contributed by atoms with Gasteiger partial charge in [0.25, 0.3) is 0 Å². The van der Waals surface area contributed by atoms with Crippen molar-refractivity contribution in [2.45, 2.75) is 13.3 Å². The van der Waals surface area contributed by atoms with E-state index in [9.17, 15) is 4.79 Å². The predicted octanol–water partition coefficient (Wildman–Crippen LogP) is 2.38. The van der Waals surface area contributed by atoms with Gasteiger partial charge < -0.3 is 15.8 Å². The Bertz CT molecular complexity index is 599. The third-order valence-corrected chi connectivity index (χ3v) is 2.66. The first-order chi connectivity index (χ1) is 9.65. The predicted molar refractivity (Wildman–Crippen MR) is 78.6 cm³/mol. The van der Waals surface area contributed by atoms with Crippen LogP contribution in [0.15, 0.2) is 42.7 Å². The monoisotopic (exact) mass is 271 g/mol. The summed E-state index contributed by atoms with van der Waals surface area (Å²) in [6.45, 7) is 2.20. The Morgan fingerprint density at radius 3 is 2.90 bits per heavy atom. The SMILES string of the molecule is Cc1cncc(NC(=O)CCOc2ccccc2N)c1. The van der Waals surface area contributed by atoms with E-state index in [4.69, 9.17) is 10.5 Å². The number of para-hydroxylation sites is 2. The van der Waals surface area contributed by atoms with Gasteiger partial charge in [0.1, 0.15) is 5.75 Å². The van der Waals surface area contributed by atoms with Gasteiger partial charge in [-0.2, -0.15) is 0 Å². The van der Waals surface area contributed by atoms with Gasteiger partial charge in [0, 0.05) is 6.20 Å². The Balaban J connectivity index is 1.80. The number of anilines is 2. The van der Waals surface area contributed by atoms with E-state index in [1.54, 1.807) is 24.5 Å². The zero-order valence-corrected chi connectivity index (χ0v) is 11.3. The number of carbonyl (C=O) groups excluding carboxylic acids is 1. The van der Waals surface area contributed by atoms with Crippen molar-refractivity contribution in [1.29, 1.82) is 0 Å². The smallest absolute Gasteiger partial charge is 0.227 e. The second-order valence-corrected chi connectivity index (χ2v) is 4.44. The van der Waals surface area contributed by atoms with Gasteiger partial charge in [0.2, 0.25) is 5.91 Å². The molecule has 2 rings (SSSR count). The summed E-state index contributed by atoms with van der Waals surface area (Å²) < 4.78 is 5.47. The molecule has 5 heteroatoms. The van der Waals surface area contributed by atoms with E-state index in [0.717, 1.165) is 5.56 Å². The van der Waals surface area contributed by atoms with Crippen LogP contribution in [0, 0.1) is 6.92 Å². The lowest BCUT2D eigenvalue weighted by Crippen LogP contribution is -2.15. The topological polar surface area (TPSA) is 77.2 Å². The van der Waals surface area contributed by atoms with Gasteiger partial charge in [-0.1, -0.05) is 12.1 Å². The van der Waals surface area contributed by atoms with Crippen molar-refractivity contribution in [2.24, 2.45) is 0 Å². The molecular weight excluding hydrogens is 254 g/mol. The van der Waals surface area contributed by atoms with Crippen LogP contribution in [0.1, 0.15) is 12.0 Å². The first-order valence-corrected chi connectivity index (χ1v) is 6.34. The van der Waals surface area contributed by atoms with Crippen molar-refractivity contribution < 1.29 is 9.53 Å². The van der Waals surface area contributed by atoms with E-state index in [1.165, 1.54) is 0 Å². The normalized spacial score (nSPS) is 10.1. The van der Waals surface area contributed by atoms with Crippen LogP contribution in [-0.2, 0) is 4.79 Å². The summed E-state index contributed by atoms with van der Waals surface area (Å²) in [4.78, 5) is 15.8. The fraction of sp³-hybridized carbons (Fsp3) is 0.200. The van der Waals surface area contributed by atoms with Crippen molar-refractivity contribution in [1.82, 2.24) is 4.98 Å².